The second-order valence-corrected chi connectivity index (χ2v) is 4.14. The molecule has 0 saturated heterocycles. The molecule has 0 aliphatic carbocycles. The van der Waals surface area contributed by atoms with Crippen molar-refractivity contribution in [2.75, 3.05) is 6.61 Å². The highest BCUT2D eigenvalue weighted by Crippen LogP contribution is 2.17. The molecule has 0 fully saturated rings. The quantitative estimate of drug-likeness (QED) is 0.898. The van der Waals surface area contributed by atoms with E-state index in [2.05, 4.69) is 0 Å². The Morgan fingerprint density at radius 2 is 1.58 bits per heavy atom. The van der Waals surface area contributed by atoms with Crippen molar-refractivity contribution in [3.63, 3.8) is 0 Å². The Balaban J connectivity index is 1.90. The van der Waals surface area contributed by atoms with Crippen LogP contribution in [0.1, 0.15) is 17.2 Å². The van der Waals surface area contributed by atoms with Crippen LogP contribution in [0, 0.1) is 11.6 Å². The summed E-state index contributed by atoms with van der Waals surface area (Å²) < 4.78 is 31.9. The monoisotopic (exact) mass is 264 g/mol. The van der Waals surface area contributed by atoms with Crippen LogP contribution in [-0.2, 0) is 11.3 Å². The molecule has 1 N–H and O–H groups in total. The topological polar surface area (TPSA) is 29.5 Å². The Bertz CT molecular complexity index is 543. The van der Waals surface area contributed by atoms with Gasteiger partial charge in [-0.25, -0.2) is 8.78 Å². The van der Waals surface area contributed by atoms with Gasteiger partial charge in [-0.15, -0.1) is 0 Å². The van der Waals surface area contributed by atoms with E-state index in [1.807, 2.05) is 0 Å². The molecule has 2 aromatic carbocycles. The number of halogens is 2. The average Bonchev–Trinajstić information content (AvgIpc) is 2.41. The van der Waals surface area contributed by atoms with Crippen molar-refractivity contribution in [2.45, 2.75) is 12.7 Å². The number of hydrogen-bond donors (Lipinski definition) is 1. The summed E-state index contributed by atoms with van der Waals surface area (Å²) in [6.45, 7) is -0.0482. The highest BCUT2D eigenvalue weighted by atomic mass is 19.1. The van der Waals surface area contributed by atoms with Gasteiger partial charge in [-0.3, -0.25) is 0 Å². The van der Waals surface area contributed by atoms with Gasteiger partial charge in [0.1, 0.15) is 17.7 Å². The maximum atomic E-state index is 13.4. The van der Waals surface area contributed by atoms with Gasteiger partial charge in [0.25, 0.3) is 0 Å². The minimum Gasteiger partial charge on any atom is -0.386 e. The molecule has 0 heterocycles. The van der Waals surface area contributed by atoms with E-state index in [9.17, 15) is 13.9 Å². The maximum Gasteiger partial charge on any atom is 0.129 e. The van der Waals surface area contributed by atoms with Crippen molar-refractivity contribution in [1.29, 1.82) is 0 Å². The third-order valence-corrected chi connectivity index (χ3v) is 2.76. The first-order chi connectivity index (χ1) is 9.18. The molecule has 19 heavy (non-hydrogen) atoms. The van der Waals surface area contributed by atoms with Crippen molar-refractivity contribution >= 4 is 0 Å². The van der Waals surface area contributed by atoms with Gasteiger partial charge >= 0.3 is 0 Å². The van der Waals surface area contributed by atoms with Crippen LogP contribution in [-0.4, -0.2) is 11.7 Å². The van der Waals surface area contributed by atoms with Crippen LogP contribution in [0.4, 0.5) is 8.78 Å². The molecule has 0 aliphatic heterocycles. The lowest BCUT2D eigenvalue weighted by molar-refractivity contribution is 0.0251. The van der Waals surface area contributed by atoms with E-state index >= 15 is 0 Å². The fourth-order valence-corrected chi connectivity index (χ4v) is 1.73. The normalized spacial score (nSPS) is 12.4. The Morgan fingerprint density at radius 1 is 0.947 bits per heavy atom. The summed E-state index contributed by atoms with van der Waals surface area (Å²) in [5.41, 5.74) is 0.583. The van der Waals surface area contributed by atoms with Crippen LogP contribution in [0.5, 0.6) is 0 Å². The zero-order valence-electron chi connectivity index (χ0n) is 10.2. The van der Waals surface area contributed by atoms with Crippen LogP contribution >= 0.6 is 0 Å². The molecule has 100 valence electrons. The first-order valence-corrected chi connectivity index (χ1v) is 5.92. The first-order valence-electron chi connectivity index (χ1n) is 5.92. The highest BCUT2D eigenvalue weighted by Gasteiger charge is 2.12. The van der Waals surface area contributed by atoms with Crippen LogP contribution in [0.3, 0.4) is 0 Å². The summed E-state index contributed by atoms with van der Waals surface area (Å²) in [4.78, 5) is 0. The predicted octanol–water partition coefficient (Wildman–Crippen LogP) is 3.22. The molecule has 2 aromatic rings. The van der Waals surface area contributed by atoms with Gasteiger partial charge in [0.15, 0.2) is 0 Å². The minimum absolute atomic E-state index is 0.0399. The molecular weight excluding hydrogens is 250 g/mol. The second-order valence-electron chi connectivity index (χ2n) is 4.14. The van der Waals surface area contributed by atoms with E-state index in [0.717, 1.165) is 0 Å². The Hall–Kier alpha value is -1.78. The molecule has 4 heteroatoms. The van der Waals surface area contributed by atoms with Gasteiger partial charge in [0.05, 0.1) is 13.2 Å². The van der Waals surface area contributed by atoms with Crippen LogP contribution in [0.25, 0.3) is 0 Å². The van der Waals surface area contributed by atoms with Gasteiger partial charge in [-0.05, 0) is 12.1 Å². The lowest BCUT2D eigenvalue weighted by Gasteiger charge is -2.12. The summed E-state index contributed by atoms with van der Waals surface area (Å²) in [5.74, 6) is -0.840. The Kier molecular flexibility index (Phi) is 4.60. The third-order valence-electron chi connectivity index (χ3n) is 2.76. The van der Waals surface area contributed by atoms with Crippen molar-refractivity contribution in [3.8, 4) is 0 Å². The number of aliphatic hydroxyl groups is 1. The van der Waals surface area contributed by atoms with E-state index in [0.29, 0.717) is 5.56 Å². The Morgan fingerprint density at radius 3 is 2.26 bits per heavy atom. The standard InChI is InChI=1S/C15H14F2O2/c16-13-7-3-1-5-11(13)9-19-10-15(18)12-6-2-4-8-14(12)17/h1-8,15,18H,9-10H2. The molecule has 2 rings (SSSR count). The van der Waals surface area contributed by atoms with E-state index in [1.54, 1.807) is 30.3 Å². The van der Waals surface area contributed by atoms with Gasteiger partial charge in [0.2, 0.25) is 0 Å². The lowest BCUT2D eigenvalue weighted by Crippen LogP contribution is -2.09. The Labute approximate surface area is 110 Å². The lowest BCUT2D eigenvalue weighted by atomic mass is 10.1. The summed E-state index contributed by atoms with van der Waals surface area (Å²) in [7, 11) is 0. The van der Waals surface area contributed by atoms with Crippen molar-refractivity contribution < 1.29 is 18.6 Å². The SMILES string of the molecule is OC(COCc1ccccc1F)c1ccccc1F. The second kappa shape index (κ2) is 6.41. The summed E-state index contributed by atoms with van der Waals surface area (Å²) in [6, 6.07) is 12.2. The predicted molar refractivity (Wildman–Crippen MR) is 67.4 cm³/mol. The number of rotatable bonds is 5. The number of benzene rings is 2. The molecule has 0 aliphatic rings. The van der Waals surface area contributed by atoms with Gasteiger partial charge in [-0.2, -0.15) is 0 Å². The van der Waals surface area contributed by atoms with Crippen molar-refractivity contribution in [2.24, 2.45) is 0 Å². The smallest absolute Gasteiger partial charge is 0.129 e. The average molecular weight is 264 g/mol. The molecule has 0 amide bonds. The maximum absolute atomic E-state index is 13.4. The molecular formula is C15H14F2O2. The van der Waals surface area contributed by atoms with E-state index in [1.165, 1.54) is 18.2 Å². The first kappa shape index (κ1) is 13.6. The molecule has 0 spiro atoms. The van der Waals surface area contributed by atoms with E-state index < -0.39 is 11.9 Å². The molecule has 2 nitrogen and oxygen atoms in total. The van der Waals surface area contributed by atoms with Crippen molar-refractivity contribution in [3.05, 3.63) is 71.3 Å². The molecule has 0 saturated carbocycles. The zero-order valence-corrected chi connectivity index (χ0v) is 10.2. The molecule has 1 atom stereocenters. The number of ether oxygens (including phenoxy) is 1. The summed E-state index contributed by atoms with van der Waals surface area (Å²) in [5, 5.41) is 9.79. The van der Waals surface area contributed by atoms with Gasteiger partial charge < -0.3 is 9.84 Å². The zero-order chi connectivity index (χ0) is 13.7. The fourth-order valence-electron chi connectivity index (χ4n) is 1.73. The third kappa shape index (κ3) is 3.59. The molecule has 0 radical (unpaired) electrons. The van der Waals surface area contributed by atoms with Crippen LogP contribution < -0.4 is 0 Å². The van der Waals surface area contributed by atoms with Crippen LogP contribution in [0.2, 0.25) is 0 Å². The minimum atomic E-state index is -1.06. The van der Waals surface area contributed by atoms with Crippen LogP contribution in [0.15, 0.2) is 48.5 Å². The summed E-state index contributed by atoms with van der Waals surface area (Å²) in [6.07, 6.45) is -1.06. The van der Waals surface area contributed by atoms with Gasteiger partial charge in [-0.1, -0.05) is 36.4 Å². The number of hydrogen-bond acceptors (Lipinski definition) is 2. The number of aliphatic hydroxyl groups excluding tert-OH is 1. The van der Waals surface area contributed by atoms with E-state index in [-0.39, 0.29) is 24.6 Å². The molecule has 0 bridgehead atoms. The van der Waals surface area contributed by atoms with Gasteiger partial charge in [0, 0.05) is 11.1 Å². The molecule has 0 aromatic heterocycles. The largest absolute Gasteiger partial charge is 0.386 e. The van der Waals surface area contributed by atoms with E-state index in [4.69, 9.17) is 4.74 Å². The highest BCUT2D eigenvalue weighted by molar-refractivity contribution is 5.20. The van der Waals surface area contributed by atoms with Crippen molar-refractivity contribution in [1.82, 2.24) is 0 Å². The molecule has 1 unspecified atom stereocenters. The fraction of sp³-hybridized carbons (Fsp3) is 0.200. The summed E-state index contributed by atoms with van der Waals surface area (Å²) >= 11 is 0.